The lowest BCUT2D eigenvalue weighted by atomic mass is 9.43. The molecule has 0 atom stereocenters. The van der Waals surface area contributed by atoms with Gasteiger partial charge in [0.2, 0.25) is 0 Å². The van der Waals surface area contributed by atoms with Gasteiger partial charge in [-0.2, -0.15) is 0 Å². The molecule has 0 N–H and O–H groups in total. The van der Waals surface area contributed by atoms with Crippen LogP contribution in [-0.2, 0) is 12.8 Å². The van der Waals surface area contributed by atoms with Gasteiger partial charge in [-0.05, 0) is 89.2 Å². The highest BCUT2D eigenvalue weighted by Gasteiger charge is 2.46. The number of furan rings is 1. The second-order valence-electron chi connectivity index (χ2n) is 13.8. The van der Waals surface area contributed by atoms with Gasteiger partial charge in [-0.1, -0.05) is 121 Å². The Hall–Kier alpha value is -6.00. The average Bonchev–Trinajstić information content (AvgIpc) is 3.57. The quantitative estimate of drug-likeness (QED) is 0.179. The molecule has 11 rings (SSSR count). The summed E-state index contributed by atoms with van der Waals surface area (Å²) >= 11 is 0. The molecule has 3 nitrogen and oxygen atoms in total. The van der Waals surface area contributed by atoms with Gasteiger partial charge in [-0.15, -0.1) is 0 Å². The monoisotopic (exact) mass is 640 g/mol. The standard InChI is InChI=1S/C46H33BN2O/c1-2-14-30(15-3-1)33-29-28-31-16-4-5-17-32(31)45(33)48-40-24-10-8-22-38(40)47-44-36(20-12-25-41(44)48)34-18-6-9-23-39(34)49(47)42-26-13-21-37-35-19-7-11-27-43(35)50-46(37)42/h1-3,6-15,18-29H,4-5,16-17H2. The van der Waals surface area contributed by atoms with Crippen molar-refractivity contribution in [1.82, 2.24) is 0 Å². The number of rotatable bonds is 3. The Morgan fingerprint density at radius 3 is 2.14 bits per heavy atom. The number of aryl methyl sites for hydroxylation is 1. The fourth-order valence-corrected chi connectivity index (χ4v) is 9.14. The van der Waals surface area contributed by atoms with E-state index in [1.165, 1.54) is 79.9 Å². The number of fused-ring (bicyclic) bond motifs is 8. The second kappa shape index (κ2) is 10.8. The van der Waals surface area contributed by atoms with Crippen molar-refractivity contribution >= 4 is 68.1 Å². The Morgan fingerprint density at radius 2 is 1.20 bits per heavy atom. The molecular weight excluding hydrogens is 607 g/mol. The first kappa shape index (κ1) is 27.9. The zero-order valence-electron chi connectivity index (χ0n) is 27.6. The summed E-state index contributed by atoms with van der Waals surface area (Å²) in [7, 11) is 0. The molecule has 0 unspecified atom stereocenters. The third-order valence-corrected chi connectivity index (χ3v) is 11.2. The van der Waals surface area contributed by atoms with E-state index < -0.39 is 0 Å². The van der Waals surface area contributed by atoms with Gasteiger partial charge in [0.05, 0.1) is 11.4 Å². The van der Waals surface area contributed by atoms with E-state index in [4.69, 9.17) is 4.42 Å². The molecule has 1 aliphatic carbocycles. The Balaban J connectivity index is 1.24. The molecule has 8 aromatic rings. The van der Waals surface area contributed by atoms with Gasteiger partial charge in [-0.3, -0.25) is 0 Å². The van der Waals surface area contributed by atoms with E-state index in [-0.39, 0.29) is 6.85 Å². The third kappa shape index (κ3) is 3.88. The maximum absolute atomic E-state index is 6.73. The van der Waals surface area contributed by atoms with Gasteiger partial charge in [-0.25, -0.2) is 0 Å². The molecule has 0 amide bonds. The number of hydrogen-bond donors (Lipinski definition) is 0. The fraction of sp³-hybridized carbons (Fsp3) is 0.0870. The van der Waals surface area contributed by atoms with Gasteiger partial charge in [0.25, 0.3) is 0 Å². The largest absolute Gasteiger partial charge is 0.454 e. The van der Waals surface area contributed by atoms with Gasteiger partial charge >= 0.3 is 6.85 Å². The Labute approximate surface area is 292 Å². The lowest BCUT2D eigenvalue weighted by molar-refractivity contribution is 0.669. The molecule has 0 fully saturated rings. The molecule has 50 heavy (non-hydrogen) atoms. The van der Waals surface area contributed by atoms with Crippen LogP contribution in [0.3, 0.4) is 0 Å². The van der Waals surface area contributed by atoms with Gasteiger partial charge < -0.3 is 14.1 Å². The summed E-state index contributed by atoms with van der Waals surface area (Å²) in [5, 5.41) is 2.29. The second-order valence-corrected chi connectivity index (χ2v) is 13.8. The highest BCUT2D eigenvalue weighted by Crippen LogP contribution is 2.51. The SMILES string of the molecule is c1ccc(-c2ccc3c(c2N2c4ccccc4B4c5c(cccc52)-c2ccccc2N4c2cccc4c2oc2ccccc24)CCCC3)cc1. The minimum absolute atomic E-state index is 0.0536. The maximum Gasteiger partial charge on any atom is 0.333 e. The lowest BCUT2D eigenvalue weighted by Gasteiger charge is -2.46. The predicted octanol–water partition coefficient (Wildman–Crippen LogP) is 10.8. The summed E-state index contributed by atoms with van der Waals surface area (Å²) in [4.78, 5) is 5.17. The summed E-state index contributed by atoms with van der Waals surface area (Å²) in [6, 6.07) is 55.7. The first-order valence-corrected chi connectivity index (χ1v) is 17.9. The van der Waals surface area contributed by atoms with Crippen LogP contribution in [0, 0.1) is 0 Å². The van der Waals surface area contributed by atoms with E-state index in [0.717, 1.165) is 40.5 Å². The van der Waals surface area contributed by atoms with Crippen LogP contribution in [-0.4, -0.2) is 6.85 Å². The van der Waals surface area contributed by atoms with Gasteiger partial charge in [0, 0.05) is 39.0 Å². The minimum atomic E-state index is -0.0536. The highest BCUT2D eigenvalue weighted by molar-refractivity contribution is 6.93. The molecule has 4 heteroatoms. The van der Waals surface area contributed by atoms with Crippen molar-refractivity contribution in [3.05, 3.63) is 163 Å². The normalized spacial score (nSPS) is 14.4. The predicted molar refractivity (Wildman–Crippen MR) is 210 cm³/mol. The molecule has 3 heterocycles. The zero-order chi connectivity index (χ0) is 32.8. The van der Waals surface area contributed by atoms with E-state index >= 15 is 0 Å². The highest BCUT2D eigenvalue weighted by atomic mass is 16.3. The maximum atomic E-state index is 6.73. The Morgan fingerprint density at radius 1 is 0.500 bits per heavy atom. The number of para-hydroxylation sites is 4. The van der Waals surface area contributed by atoms with Crippen molar-refractivity contribution in [2.24, 2.45) is 0 Å². The lowest BCUT2D eigenvalue weighted by Crippen LogP contribution is -2.61. The summed E-state index contributed by atoms with van der Waals surface area (Å²) < 4.78 is 6.73. The Kier molecular flexibility index (Phi) is 6.00. The van der Waals surface area contributed by atoms with E-state index in [9.17, 15) is 0 Å². The van der Waals surface area contributed by atoms with Crippen molar-refractivity contribution in [3.63, 3.8) is 0 Å². The first-order chi connectivity index (χ1) is 24.8. The van der Waals surface area contributed by atoms with Crippen LogP contribution in [0.5, 0.6) is 0 Å². The van der Waals surface area contributed by atoms with Crippen LogP contribution in [0.2, 0.25) is 0 Å². The third-order valence-electron chi connectivity index (χ3n) is 11.2. The molecule has 3 aliphatic rings. The number of benzene rings is 7. The molecule has 7 aromatic carbocycles. The number of hydrogen-bond acceptors (Lipinski definition) is 3. The molecule has 0 bridgehead atoms. The van der Waals surface area contributed by atoms with Gasteiger partial charge in [0.1, 0.15) is 5.58 Å². The van der Waals surface area contributed by atoms with E-state index in [0.29, 0.717) is 0 Å². The molecule has 0 saturated carbocycles. The van der Waals surface area contributed by atoms with Crippen LogP contribution in [0.15, 0.2) is 156 Å². The molecule has 0 radical (unpaired) electrons. The van der Waals surface area contributed by atoms with Crippen LogP contribution < -0.4 is 20.6 Å². The fourth-order valence-electron chi connectivity index (χ4n) is 9.14. The number of nitrogens with zero attached hydrogens (tertiary/aromatic N) is 2. The molecule has 2 aliphatic heterocycles. The molecule has 236 valence electrons. The van der Waals surface area contributed by atoms with Crippen LogP contribution in [0.4, 0.5) is 28.4 Å². The average molecular weight is 641 g/mol. The van der Waals surface area contributed by atoms with Gasteiger partial charge in [0.15, 0.2) is 5.58 Å². The molecule has 1 aromatic heterocycles. The zero-order valence-corrected chi connectivity index (χ0v) is 27.6. The van der Waals surface area contributed by atoms with E-state index in [1.807, 2.05) is 0 Å². The van der Waals surface area contributed by atoms with Crippen LogP contribution in [0.1, 0.15) is 24.0 Å². The smallest absolute Gasteiger partial charge is 0.333 e. The topological polar surface area (TPSA) is 19.6 Å². The molecular formula is C46H33BN2O. The summed E-state index contributed by atoms with van der Waals surface area (Å²) in [6.45, 7) is -0.0536. The van der Waals surface area contributed by atoms with Crippen LogP contribution >= 0.6 is 0 Å². The molecule has 0 saturated heterocycles. The van der Waals surface area contributed by atoms with E-state index in [1.54, 1.807) is 0 Å². The number of anilines is 5. The Bertz CT molecular complexity index is 2640. The van der Waals surface area contributed by atoms with E-state index in [2.05, 4.69) is 161 Å². The molecule has 0 spiro atoms. The van der Waals surface area contributed by atoms with Crippen molar-refractivity contribution in [3.8, 4) is 22.3 Å². The summed E-state index contributed by atoms with van der Waals surface area (Å²) in [5.74, 6) is 0. The van der Waals surface area contributed by atoms with Crippen molar-refractivity contribution in [1.29, 1.82) is 0 Å². The van der Waals surface area contributed by atoms with Crippen molar-refractivity contribution < 1.29 is 4.42 Å². The summed E-state index contributed by atoms with van der Waals surface area (Å²) in [5.41, 5.74) is 18.6. The van der Waals surface area contributed by atoms with Crippen LogP contribution in [0.25, 0.3) is 44.2 Å². The summed E-state index contributed by atoms with van der Waals surface area (Å²) in [6.07, 6.45) is 4.68. The van der Waals surface area contributed by atoms with Crippen molar-refractivity contribution in [2.75, 3.05) is 9.71 Å². The van der Waals surface area contributed by atoms with Crippen molar-refractivity contribution in [2.45, 2.75) is 25.7 Å². The first-order valence-electron chi connectivity index (χ1n) is 17.9. The minimum Gasteiger partial charge on any atom is -0.454 e.